The number of H-pyrrole nitrogens is 1. The summed E-state index contributed by atoms with van der Waals surface area (Å²) in [5.74, 6) is 0.157. The Morgan fingerprint density at radius 3 is 2.72 bits per heavy atom. The van der Waals surface area contributed by atoms with Crippen LogP contribution in [0.2, 0.25) is 5.02 Å². The van der Waals surface area contributed by atoms with Crippen LogP contribution in [0.5, 0.6) is 0 Å². The molecule has 0 aliphatic rings. The minimum Gasteiger partial charge on any atom is -0.343 e. The van der Waals surface area contributed by atoms with E-state index in [0.29, 0.717) is 26.2 Å². The molecule has 0 saturated heterocycles. The van der Waals surface area contributed by atoms with Gasteiger partial charge in [0, 0.05) is 15.6 Å². The van der Waals surface area contributed by atoms with Crippen LogP contribution in [0.15, 0.2) is 16.6 Å². The highest BCUT2D eigenvalue weighted by Gasteiger charge is 2.15. The molecule has 0 saturated carbocycles. The van der Waals surface area contributed by atoms with Gasteiger partial charge in [-0.25, -0.2) is 9.37 Å². The summed E-state index contributed by atoms with van der Waals surface area (Å²) in [5.41, 5.74) is 1.73. The van der Waals surface area contributed by atoms with E-state index in [0.717, 1.165) is 5.56 Å². The van der Waals surface area contributed by atoms with Gasteiger partial charge in [-0.3, -0.25) is 0 Å². The van der Waals surface area contributed by atoms with E-state index >= 15 is 0 Å². The zero-order valence-corrected chi connectivity index (χ0v) is 12.8. The van der Waals surface area contributed by atoms with Gasteiger partial charge in [0.05, 0.1) is 10.7 Å². The van der Waals surface area contributed by atoms with Crippen molar-refractivity contribution in [2.45, 2.75) is 13.8 Å². The number of nitrogens with one attached hydrogen (secondary N) is 1. The van der Waals surface area contributed by atoms with E-state index < -0.39 is 5.82 Å². The van der Waals surface area contributed by atoms with Crippen molar-refractivity contribution in [1.82, 2.24) is 9.97 Å². The number of nitrogens with zero attached hydrogens (tertiary/aromatic N) is 1. The zero-order valence-electron chi connectivity index (χ0n) is 9.64. The molecule has 94 valence electrons. The van der Waals surface area contributed by atoms with Gasteiger partial charge in [-0.2, -0.15) is 0 Å². The van der Waals surface area contributed by atoms with Gasteiger partial charge in [-0.05, 0) is 41.9 Å². The number of aromatic amines is 1. The van der Waals surface area contributed by atoms with Crippen LogP contribution in [0, 0.1) is 24.3 Å². The third-order valence-corrected chi connectivity index (χ3v) is 4.23. The van der Waals surface area contributed by atoms with Crippen LogP contribution >= 0.6 is 39.7 Å². The Balaban J connectivity index is 2.78. The summed E-state index contributed by atoms with van der Waals surface area (Å²) in [4.78, 5) is 7.15. The van der Waals surface area contributed by atoms with Crippen LogP contribution in [0.4, 0.5) is 4.39 Å². The molecule has 0 amide bonds. The smallest absolute Gasteiger partial charge is 0.152 e. The lowest BCUT2D eigenvalue weighted by Gasteiger charge is -2.10. The van der Waals surface area contributed by atoms with E-state index in [-0.39, 0.29) is 5.02 Å². The molecule has 0 bridgehead atoms. The van der Waals surface area contributed by atoms with E-state index in [2.05, 4.69) is 25.9 Å². The first kappa shape index (κ1) is 13.6. The molecule has 0 atom stereocenters. The monoisotopic (exact) mass is 346 g/mol. The number of aromatic nitrogens is 2. The second-order valence-corrected chi connectivity index (χ2v) is 5.47. The first-order valence-electron chi connectivity index (χ1n) is 5.13. The van der Waals surface area contributed by atoms with Gasteiger partial charge in [0.25, 0.3) is 0 Å². The predicted molar refractivity (Wildman–Crippen MR) is 77.0 cm³/mol. The maximum absolute atomic E-state index is 14.2. The summed E-state index contributed by atoms with van der Waals surface area (Å²) >= 11 is 14.2. The van der Waals surface area contributed by atoms with E-state index in [1.54, 1.807) is 26.0 Å². The molecular formula is C12H9BrClFN2S. The molecule has 18 heavy (non-hydrogen) atoms. The van der Waals surface area contributed by atoms with Crippen molar-refractivity contribution in [3.8, 4) is 11.3 Å². The molecule has 2 nitrogen and oxygen atoms in total. The molecule has 1 heterocycles. The van der Waals surface area contributed by atoms with Crippen LogP contribution in [0.1, 0.15) is 11.4 Å². The van der Waals surface area contributed by atoms with Gasteiger partial charge < -0.3 is 4.98 Å². The summed E-state index contributed by atoms with van der Waals surface area (Å²) in [6.07, 6.45) is 0. The average Bonchev–Trinajstić information content (AvgIpc) is 2.31. The van der Waals surface area contributed by atoms with Crippen molar-refractivity contribution < 1.29 is 4.39 Å². The van der Waals surface area contributed by atoms with Crippen molar-refractivity contribution in [2.75, 3.05) is 0 Å². The number of halogens is 3. The Bertz CT molecular complexity index is 685. The normalized spacial score (nSPS) is 10.7. The lowest BCUT2D eigenvalue weighted by molar-refractivity contribution is 0.630. The molecular weight excluding hydrogens is 339 g/mol. The summed E-state index contributed by atoms with van der Waals surface area (Å²) in [5, 5.41) is 0.0562. The number of hydrogen-bond acceptors (Lipinski definition) is 2. The van der Waals surface area contributed by atoms with Crippen LogP contribution in [-0.2, 0) is 0 Å². The van der Waals surface area contributed by atoms with Crippen molar-refractivity contribution >= 4 is 39.7 Å². The molecule has 0 fully saturated rings. The lowest BCUT2D eigenvalue weighted by atomic mass is 10.1. The first-order valence-corrected chi connectivity index (χ1v) is 6.71. The van der Waals surface area contributed by atoms with Crippen molar-refractivity contribution in [1.29, 1.82) is 0 Å². The fourth-order valence-corrected chi connectivity index (χ4v) is 2.34. The van der Waals surface area contributed by atoms with Crippen LogP contribution in [0.3, 0.4) is 0 Å². The zero-order chi connectivity index (χ0) is 13.4. The molecule has 6 heteroatoms. The number of hydrogen-bond donors (Lipinski definition) is 1. The van der Waals surface area contributed by atoms with Crippen LogP contribution in [-0.4, -0.2) is 9.97 Å². The molecule has 1 aromatic heterocycles. The summed E-state index contributed by atoms with van der Waals surface area (Å²) in [6.45, 7) is 3.58. The summed E-state index contributed by atoms with van der Waals surface area (Å²) in [6, 6.07) is 3.35. The molecule has 0 radical (unpaired) electrons. The largest absolute Gasteiger partial charge is 0.343 e. The van der Waals surface area contributed by atoms with Gasteiger partial charge in [-0.15, -0.1) is 0 Å². The molecule has 0 unspecified atom stereocenters. The summed E-state index contributed by atoms with van der Waals surface area (Å²) < 4.78 is 15.1. The number of benzene rings is 1. The average molecular weight is 348 g/mol. The fraction of sp³-hybridized carbons (Fsp3) is 0.167. The molecule has 0 spiro atoms. The van der Waals surface area contributed by atoms with Crippen LogP contribution < -0.4 is 0 Å². The van der Waals surface area contributed by atoms with E-state index in [9.17, 15) is 4.39 Å². The minimum absolute atomic E-state index is 0.0562. The van der Waals surface area contributed by atoms with Gasteiger partial charge in [0.1, 0.15) is 10.5 Å². The van der Waals surface area contributed by atoms with Gasteiger partial charge >= 0.3 is 0 Å². The second-order valence-electron chi connectivity index (χ2n) is 3.85. The molecule has 0 aliphatic heterocycles. The lowest BCUT2D eigenvalue weighted by Crippen LogP contribution is -1.98. The summed E-state index contributed by atoms with van der Waals surface area (Å²) in [7, 11) is 0. The van der Waals surface area contributed by atoms with E-state index in [1.165, 1.54) is 0 Å². The fourth-order valence-electron chi connectivity index (χ4n) is 1.63. The first-order chi connectivity index (χ1) is 8.41. The van der Waals surface area contributed by atoms with Crippen molar-refractivity contribution in [2.24, 2.45) is 0 Å². The highest BCUT2D eigenvalue weighted by Crippen LogP contribution is 2.33. The molecule has 2 aromatic rings. The van der Waals surface area contributed by atoms with E-state index in [1.807, 2.05) is 0 Å². The van der Waals surface area contributed by atoms with Gasteiger partial charge in [0.2, 0.25) is 0 Å². The Morgan fingerprint density at radius 1 is 1.39 bits per heavy atom. The Hall–Kier alpha value is -0.780. The Labute approximate surface area is 122 Å². The topological polar surface area (TPSA) is 28.7 Å². The van der Waals surface area contributed by atoms with Crippen LogP contribution in [0.25, 0.3) is 11.3 Å². The predicted octanol–water partition coefficient (Wildman–Crippen LogP) is 4.98. The van der Waals surface area contributed by atoms with Crippen molar-refractivity contribution in [3.05, 3.63) is 43.5 Å². The third-order valence-electron chi connectivity index (χ3n) is 2.58. The third kappa shape index (κ3) is 2.35. The molecule has 1 aromatic carbocycles. The van der Waals surface area contributed by atoms with Gasteiger partial charge in [-0.1, -0.05) is 23.8 Å². The second kappa shape index (κ2) is 5.07. The Morgan fingerprint density at radius 2 is 2.06 bits per heavy atom. The maximum Gasteiger partial charge on any atom is 0.152 e. The highest BCUT2D eigenvalue weighted by atomic mass is 79.9. The number of rotatable bonds is 1. The Kier molecular flexibility index (Phi) is 3.84. The maximum atomic E-state index is 14.2. The molecule has 0 aliphatic carbocycles. The van der Waals surface area contributed by atoms with Crippen molar-refractivity contribution in [3.63, 3.8) is 0 Å². The molecule has 2 rings (SSSR count). The minimum atomic E-state index is -0.481. The highest BCUT2D eigenvalue weighted by molar-refractivity contribution is 9.10. The number of aryl methyl sites for hydroxylation is 1. The SMILES string of the molecule is Cc1nc(=S)c(C)c(-c2ccc(Br)c(Cl)c2F)[nH]1. The standard InChI is InChI=1S/C12H9BrClFN2S/c1-5-11(16-6(2)17-12(5)18)7-3-4-8(13)9(14)10(7)15/h3-4H,1-2H3,(H,16,17,18). The van der Waals surface area contributed by atoms with Gasteiger partial charge in [0.15, 0.2) is 5.82 Å². The van der Waals surface area contributed by atoms with E-state index in [4.69, 9.17) is 23.8 Å². The molecule has 1 N–H and O–H groups in total. The quantitative estimate of drug-likeness (QED) is 0.582.